The number of para-hydroxylation sites is 2. The number of anilines is 1. The van der Waals surface area contributed by atoms with Crippen LogP contribution in [-0.4, -0.2) is 15.6 Å². The first-order valence-electron chi connectivity index (χ1n) is 6.49. The van der Waals surface area contributed by atoms with Gasteiger partial charge in [0.25, 0.3) is 0 Å². The molecule has 0 fully saturated rings. The Balaban J connectivity index is 1.93. The molecule has 3 aromatic rings. The first-order valence-corrected chi connectivity index (χ1v) is 6.49. The quantitative estimate of drug-likeness (QED) is 0.670. The lowest BCUT2D eigenvalue weighted by molar-refractivity contribution is 0.253. The van der Waals surface area contributed by atoms with Crippen LogP contribution in [0.25, 0.3) is 11.0 Å². The van der Waals surface area contributed by atoms with Crippen molar-refractivity contribution in [3.05, 3.63) is 64.6 Å². The van der Waals surface area contributed by atoms with Gasteiger partial charge in [-0.1, -0.05) is 24.3 Å². The van der Waals surface area contributed by atoms with Gasteiger partial charge >= 0.3 is 11.7 Å². The summed E-state index contributed by atoms with van der Waals surface area (Å²) >= 11 is 0. The molecule has 0 aliphatic heterocycles. The molecule has 6 nitrogen and oxygen atoms in total. The lowest BCUT2D eigenvalue weighted by Gasteiger charge is -2.06. The third-order valence-corrected chi connectivity index (χ3v) is 3.23. The van der Waals surface area contributed by atoms with Crippen molar-refractivity contribution in [3.8, 4) is 0 Å². The minimum atomic E-state index is -0.502. The van der Waals surface area contributed by atoms with E-state index >= 15 is 0 Å². The maximum absolute atomic E-state index is 12.3. The second-order valence-corrected chi connectivity index (χ2v) is 4.61. The van der Waals surface area contributed by atoms with Crippen molar-refractivity contribution >= 4 is 22.8 Å². The molecular weight excluding hydrogens is 268 g/mol. The van der Waals surface area contributed by atoms with Gasteiger partial charge in [0.2, 0.25) is 0 Å². The molecule has 1 amide bonds. The summed E-state index contributed by atoms with van der Waals surface area (Å²) < 4.78 is 1.08. The van der Waals surface area contributed by atoms with Crippen LogP contribution in [0, 0.1) is 0 Å². The number of imidazole rings is 1. The van der Waals surface area contributed by atoms with Crippen molar-refractivity contribution < 1.29 is 4.79 Å². The molecule has 0 radical (unpaired) electrons. The number of rotatable bonds is 2. The molecule has 0 bridgehead atoms. The summed E-state index contributed by atoms with van der Waals surface area (Å²) in [6.45, 7) is 0.441. The summed E-state index contributed by atoms with van der Waals surface area (Å²) in [6, 6.07) is 13.7. The van der Waals surface area contributed by atoms with Crippen LogP contribution in [0.2, 0.25) is 0 Å². The normalized spacial score (nSPS) is 10.7. The van der Waals surface area contributed by atoms with Gasteiger partial charge in [-0.05, 0) is 29.8 Å². The summed E-state index contributed by atoms with van der Waals surface area (Å²) in [5.74, 6) is 0. The Morgan fingerprint density at radius 2 is 1.86 bits per heavy atom. The fourth-order valence-corrected chi connectivity index (χ4v) is 2.16. The lowest BCUT2D eigenvalue weighted by atomic mass is 10.2. The van der Waals surface area contributed by atoms with Gasteiger partial charge in [-0.15, -0.1) is 0 Å². The fraction of sp³-hybridized carbons (Fsp3) is 0.0667. The van der Waals surface area contributed by atoms with Gasteiger partial charge in [0.05, 0.1) is 11.0 Å². The molecule has 6 heteroatoms. The molecule has 0 spiro atoms. The number of benzene rings is 2. The van der Waals surface area contributed by atoms with Crippen LogP contribution in [0.4, 0.5) is 10.5 Å². The predicted octanol–water partition coefficient (Wildman–Crippen LogP) is 1.87. The molecule has 2 aromatic carbocycles. The number of carbonyl (C=O) groups excluding carboxylic acids is 1. The number of nitrogens with zero attached hydrogens (tertiary/aromatic N) is 1. The molecule has 1 heterocycles. The van der Waals surface area contributed by atoms with E-state index in [-0.39, 0.29) is 0 Å². The van der Waals surface area contributed by atoms with Gasteiger partial charge in [0, 0.05) is 12.2 Å². The van der Waals surface area contributed by atoms with Crippen molar-refractivity contribution in [2.24, 2.45) is 5.73 Å². The van der Waals surface area contributed by atoms with E-state index in [1.807, 2.05) is 12.1 Å². The van der Waals surface area contributed by atoms with Gasteiger partial charge in [-0.3, -0.25) is 0 Å². The van der Waals surface area contributed by atoms with Crippen LogP contribution in [-0.2, 0) is 6.54 Å². The molecule has 0 saturated heterocycles. The number of nitrogens with two attached hydrogens (primary N) is 1. The first kappa shape index (κ1) is 13.1. The zero-order valence-electron chi connectivity index (χ0n) is 11.2. The highest BCUT2D eigenvalue weighted by Crippen LogP contribution is 2.12. The highest BCUT2D eigenvalue weighted by atomic mass is 16.2. The second-order valence-electron chi connectivity index (χ2n) is 4.61. The molecule has 1 aromatic heterocycles. The van der Waals surface area contributed by atoms with Crippen LogP contribution in [0.15, 0.2) is 53.3 Å². The van der Waals surface area contributed by atoms with Crippen LogP contribution >= 0.6 is 0 Å². The smallest absolute Gasteiger partial charge is 0.326 e. The van der Waals surface area contributed by atoms with E-state index in [9.17, 15) is 9.59 Å². The first-order chi connectivity index (χ1) is 10.2. The van der Waals surface area contributed by atoms with Crippen LogP contribution in [0.3, 0.4) is 0 Å². The van der Waals surface area contributed by atoms with E-state index in [2.05, 4.69) is 10.3 Å². The number of hydrogen-bond acceptors (Lipinski definition) is 3. The van der Waals surface area contributed by atoms with Gasteiger partial charge < -0.3 is 16.0 Å². The van der Waals surface area contributed by atoms with Crippen molar-refractivity contribution in [1.29, 1.82) is 0 Å². The van der Waals surface area contributed by atoms with Crippen LogP contribution in [0.5, 0.6) is 0 Å². The number of H-pyrrole nitrogens is 1. The number of carbonyl (C=O) groups is 1. The molecule has 0 unspecified atom stereocenters. The third-order valence-electron chi connectivity index (χ3n) is 3.23. The predicted molar refractivity (Wildman–Crippen MR) is 81.3 cm³/mol. The Morgan fingerprint density at radius 3 is 2.57 bits per heavy atom. The minimum absolute atomic E-state index is 0.441. The average Bonchev–Trinajstić information content (AvgIpc) is 2.83. The molecule has 4 N–H and O–H groups in total. The Morgan fingerprint density at radius 1 is 1.14 bits per heavy atom. The molecule has 106 valence electrons. The van der Waals surface area contributed by atoms with E-state index in [1.165, 1.54) is 0 Å². The highest BCUT2D eigenvalue weighted by molar-refractivity contribution is 5.97. The molecular formula is C15H14N4O2. The monoisotopic (exact) mass is 282 g/mol. The SMILES string of the molecule is NCc1ccc(NC(=O)n2c(=O)[nH]c3ccccc32)cc1. The lowest BCUT2D eigenvalue weighted by Crippen LogP contribution is -2.29. The molecule has 0 saturated carbocycles. The largest absolute Gasteiger partial charge is 0.334 e. The number of amides is 1. The Labute approximate surface area is 120 Å². The Bertz CT molecular complexity index is 846. The molecule has 0 aliphatic rings. The molecule has 0 atom stereocenters. The molecule has 3 rings (SSSR count). The van der Waals surface area contributed by atoms with Crippen molar-refractivity contribution in [3.63, 3.8) is 0 Å². The van der Waals surface area contributed by atoms with Crippen molar-refractivity contribution in [1.82, 2.24) is 9.55 Å². The number of aromatic amines is 1. The molecule has 0 aliphatic carbocycles. The second kappa shape index (κ2) is 5.26. The van der Waals surface area contributed by atoms with E-state index < -0.39 is 11.7 Å². The average molecular weight is 282 g/mol. The van der Waals surface area contributed by atoms with Crippen LogP contribution < -0.4 is 16.7 Å². The van der Waals surface area contributed by atoms with E-state index in [0.29, 0.717) is 23.3 Å². The summed E-state index contributed by atoms with van der Waals surface area (Å²) in [6.07, 6.45) is 0. The van der Waals surface area contributed by atoms with E-state index in [1.54, 1.807) is 36.4 Å². The van der Waals surface area contributed by atoms with Gasteiger partial charge in [0.15, 0.2) is 0 Å². The summed E-state index contributed by atoms with van der Waals surface area (Å²) in [5, 5.41) is 2.69. The third kappa shape index (κ3) is 2.44. The van der Waals surface area contributed by atoms with Crippen molar-refractivity contribution in [2.45, 2.75) is 6.54 Å². The topological polar surface area (TPSA) is 92.9 Å². The molecule has 21 heavy (non-hydrogen) atoms. The zero-order chi connectivity index (χ0) is 14.8. The Kier molecular flexibility index (Phi) is 3.29. The summed E-state index contributed by atoms with van der Waals surface area (Å²) in [4.78, 5) is 26.8. The maximum Gasteiger partial charge on any atom is 0.334 e. The van der Waals surface area contributed by atoms with Gasteiger partial charge in [-0.2, -0.15) is 0 Å². The van der Waals surface area contributed by atoms with E-state index in [0.717, 1.165) is 10.1 Å². The van der Waals surface area contributed by atoms with Crippen LogP contribution in [0.1, 0.15) is 5.56 Å². The number of nitrogens with one attached hydrogen (secondary N) is 2. The standard InChI is InChI=1S/C15H14N4O2/c16-9-10-5-7-11(8-6-10)17-14(20)19-13-4-2-1-3-12(13)18-15(19)21/h1-8H,9,16H2,(H,17,20)(H,18,21). The fourth-order valence-electron chi connectivity index (χ4n) is 2.16. The number of fused-ring (bicyclic) bond motifs is 1. The highest BCUT2D eigenvalue weighted by Gasteiger charge is 2.13. The maximum atomic E-state index is 12.3. The number of hydrogen-bond donors (Lipinski definition) is 3. The number of aromatic nitrogens is 2. The van der Waals surface area contributed by atoms with Crippen molar-refractivity contribution in [2.75, 3.05) is 5.32 Å². The summed E-state index contributed by atoms with van der Waals surface area (Å²) in [7, 11) is 0. The zero-order valence-corrected chi connectivity index (χ0v) is 11.2. The van der Waals surface area contributed by atoms with Gasteiger partial charge in [-0.25, -0.2) is 14.2 Å². The van der Waals surface area contributed by atoms with Gasteiger partial charge in [0.1, 0.15) is 0 Å². The minimum Gasteiger partial charge on any atom is -0.326 e. The van der Waals surface area contributed by atoms with E-state index in [4.69, 9.17) is 5.73 Å². The summed E-state index contributed by atoms with van der Waals surface area (Å²) in [5.41, 5.74) is 7.80. The Hall–Kier alpha value is -2.86.